The first-order valence-electron chi connectivity index (χ1n) is 8.13. The second-order valence-electron chi connectivity index (χ2n) is 6.37. The van der Waals surface area contributed by atoms with E-state index in [1.807, 2.05) is 24.3 Å². The molecule has 7 heteroatoms. The van der Waals surface area contributed by atoms with Gasteiger partial charge in [0, 0.05) is 43.8 Å². The van der Waals surface area contributed by atoms with Crippen LogP contribution in [0.15, 0.2) is 24.3 Å². The quantitative estimate of drug-likeness (QED) is 0.746. The fourth-order valence-corrected chi connectivity index (χ4v) is 3.83. The van der Waals surface area contributed by atoms with Crippen molar-refractivity contribution in [2.45, 2.75) is 24.4 Å². The number of amides is 1. The van der Waals surface area contributed by atoms with Crippen LogP contribution in [0.25, 0.3) is 0 Å². The van der Waals surface area contributed by atoms with E-state index in [9.17, 15) is 9.90 Å². The molecule has 0 saturated carbocycles. The molecule has 1 aromatic rings. The molecule has 2 aliphatic rings. The van der Waals surface area contributed by atoms with Crippen molar-refractivity contribution in [3.8, 4) is 0 Å². The summed E-state index contributed by atoms with van der Waals surface area (Å²) in [4.78, 5) is 13.0. The highest BCUT2D eigenvalue weighted by Crippen LogP contribution is 2.38. The molecule has 0 spiro atoms. The minimum Gasteiger partial charge on any atom is -0.391 e. The number of halogens is 2. The molecule has 2 atom stereocenters. The lowest BCUT2D eigenvalue weighted by molar-refractivity contribution is -0.130. The van der Waals surface area contributed by atoms with Crippen molar-refractivity contribution >= 4 is 29.9 Å². The lowest BCUT2D eigenvalue weighted by atomic mass is 9.73. The number of hydrogen-bond donors (Lipinski definition) is 3. The molecule has 1 amide bonds. The maximum absolute atomic E-state index is 13.0. The molecular weight excluding hydrogens is 351 g/mol. The summed E-state index contributed by atoms with van der Waals surface area (Å²) >= 11 is 6.37. The maximum atomic E-state index is 13.0. The van der Waals surface area contributed by atoms with Crippen LogP contribution in [0.3, 0.4) is 0 Å². The monoisotopic (exact) mass is 374 g/mol. The minimum absolute atomic E-state index is 0. The van der Waals surface area contributed by atoms with Gasteiger partial charge in [-0.15, -0.1) is 12.4 Å². The molecule has 0 aromatic heterocycles. The van der Waals surface area contributed by atoms with Gasteiger partial charge < -0.3 is 20.5 Å². The van der Waals surface area contributed by atoms with Crippen LogP contribution in [0, 0.1) is 5.92 Å². The second-order valence-corrected chi connectivity index (χ2v) is 6.78. The first-order valence-corrected chi connectivity index (χ1v) is 8.51. The number of hydrogen-bond acceptors (Lipinski definition) is 4. The van der Waals surface area contributed by atoms with Crippen molar-refractivity contribution in [3.05, 3.63) is 34.9 Å². The normalized spacial score (nSPS) is 25.8. The van der Waals surface area contributed by atoms with E-state index in [4.69, 9.17) is 16.3 Å². The summed E-state index contributed by atoms with van der Waals surface area (Å²) < 4.78 is 5.46. The average Bonchev–Trinajstić information content (AvgIpc) is 2.99. The van der Waals surface area contributed by atoms with Gasteiger partial charge in [-0.1, -0.05) is 29.8 Å². The number of benzene rings is 1. The number of carbonyl (C=O) groups is 1. The van der Waals surface area contributed by atoms with Crippen molar-refractivity contribution < 1.29 is 14.6 Å². The van der Waals surface area contributed by atoms with Crippen molar-refractivity contribution in [3.63, 3.8) is 0 Å². The summed E-state index contributed by atoms with van der Waals surface area (Å²) in [6.07, 6.45) is 0.837. The van der Waals surface area contributed by atoms with Crippen LogP contribution in [0.5, 0.6) is 0 Å². The minimum atomic E-state index is -0.645. The summed E-state index contributed by atoms with van der Waals surface area (Å²) in [5.74, 6) is 0.0371. The highest BCUT2D eigenvalue weighted by Gasteiger charge is 2.43. The number of carbonyl (C=O) groups excluding carboxylic acids is 1. The molecule has 0 aliphatic carbocycles. The molecule has 2 aliphatic heterocycles. The Bertz CT molecular complexity index is 565. The first kappa shape index (κ1) is 19.5. The summed E-state index contributed by atoms with van der Waals surface area (Å²) in [5.41, 5.74) is 0.223. The highest BCUT2D eigenvalue weighted by atomic mass is 35.5. The average molecular weight is 375 g/mol. The van der Waals surface area contributed by atoms with Gasteiger partial charge in [-0.3, -0.25) is 4.79 Å². The number of β-amino-alcohol motifs (C(OH)–C–C–N with tert-alkyl or cyclic N) is 1. The molecule has 0 bridgehead atoms. The third-order valence-electron chi connectivity index (χ3n) is 5.00. The predicted octanol–water partition coefficient (Wildman–Crippen LogP) is 1.51. The number of aliphatic hydroxyl groups is 1. The van der Waals surface area contributed by atoms with Crippen LogP contribution in [-0.4, -0.2) is 50.0 Å². The van der Waals surface area contributed by atoms with Gasteiger partial charge in [-0.05, 0) is 24.5 Å². The van der Waals surface area contributed by atoms with Gasteiger partial charge >= 0.3 is 0 Å². The van der Waals surface area contributed by atoms with E-state index >= 15 is 0 Å². The van der Waals surface area contributed by atoms with Crippen molar-refractivity contribution in [2.24, 2.45) is 5.92 Å². The van der Waals surface area contributed by atoms with Gasteiger partial charge in [0.2, 0.25) is 5.91 Å². The Morgan fingerprint density at radius 3 is 2.67 bits per heavy atom. The smallest absolute Gasteiger partial charge is 0.230 e. The summed E-state index contributed by atoms with van der Waals surface area (Å²) in [5, 5.41) is 16.7. The van der Waals surface area contributed by atoms with Crippen LogP contribution in [0.4, 0.5) is 0 Å². The molecule has 2 unspecified atom stereocenters. The third kappa shape index (κ3) is 3.86. The lowest BCUT2D eigenvalue weighted by Crippen LogP contribution is -2.50. The second kappa shape index (κ2) is 8.50. The molecule has 2 heterocycles. The Hall–Kier alpha value is -0.850. The van der Waals surface area contributed by atoms with E-state index in [1.165, 1.54) is 0 Å². The van der Waals surface area contributed by atoms with Gasteiger partial charge in [0.1, 0.15) is 0 Å². The summed E-state index contributed by atoms with van der Waals surface area (Å²) in [7, 11) is 0. The zero-order chi connectivity index (χ0) is 16.3. The van der Waals surface area contributed by atoms with Crippen LogP contribution in [0.1, 0.15) is 18.4 Å². The van der Waals surface area contributed by atoms with Gasteiger partial charge in [0.05, 0.1) is 11.5 Å². The largest absolute Gasteiger partial charge is 0.391 e. The third-order valence-corrected chi connectivity index (χ3v) is 5.33. The van der Waals surface area contributed by atoms with Gasteiger partial charge in [0.15, 0.2) is 0 Å². The molecule has 3 N–H and O–H groups in total. The topological polar surface area (TPSA) is 70.6 Å². The van der Waals surface area contributed by atoms with E-state index in [2.05, 4.69) is 10.6 Å². The van der Waals surface area contributed by atoms with Crippen molar-refractivity contribution in [1.29, 1.82) is 0 Å². The number of ether oxygens (including phenoxy) is 1. The Morgan fingerprint density at radius 2 is 2.04 bits per heavy atom. The summed E-state index contributed by atoms with van der Waals surface area (Å²) in [6, 6.07) is 7.54. The van der Waals surface area contributed by atoms with E-state index < -0.39 is 11.5 Å². The zero-order valence-corrected chi connectivity index (χ0v) is 15.0. The zero-order valence-electron chi connectivity index (χ0n) is 13.5. The number of nitrogens with one attached hydrogen (secondary N) is 2. The standard InChI is InChI=1S/C17H23ClN2O3.ClH/c18-14-4-2-1-3-13(14)17(5-7-23-8-6-17)16(22)20-10-12-9-19-11-15(12)21;/h1-4,12,15,19,21H,5-11H2,(H,20,22);1H. The molecule has 1 aromatic carbocycles. The Morgan fingerprint density at radius 1 is 1.33 bits per heavy atom. The predicted molar refractivity (Wildman–Crippen MR) is 95.8 cm³/mol. The van der Waals surface area contributed by atoms with Crippen LogP contribution in [-0.2, 0) is 14.9 Å². The van der Waals surface area contributed by atoms with E-state index in [0.717, 1.165) is 12.1 Å². The van der Waals surface area contributed by atoms with E-state index in [0.29, 0.717) is 44.2 Å². The molecular formula is C17H24Cl2N2O3. The van der Waals surface area contributed by atoms with Crippen molar-refractivity contribution in [1.82, 2.24) is 10.6 Å². The van der Waals surface area contributed by atoms with Crippen LogP contribution >= 0.6 is 24.0 Å². The van der Waals surface area contributed by atoms with E-state index in [1.54, 1.807) is 0 Å². The van der Waals surface area contributed by atoms with Crippen LogP contribution < -0.4 is 10.6 Å². The van der Waals surface area contributed by atoms with Crippen molar-refractivity contribution in [2.75, 3.05) is 32.8 Å². The highest BCUT2D eigenvalue weighted by molar-refractivity contribution is 6.31. The van der Waals surface area contributed by atoms with Gasteiger partial charge in [-0.2, -0.15) is 0 Å². The molecule has 3 rings (SSSR count). The van der Waals surface area contributed by atoms with Crippen LogP contribution in [0.2, 0.25) is 5.02 Å². The fourth-order valence-electron chi connectivity index (χ4n) is 3.51. The number of rotatable bonds is 4. The summed E-state index contributed by atoms with van der Waals surface area (Å²) in [6.45, 7) is 2.88. The lowest BCUT2D eigenvalue weighted by Gasteiger charge is -2.37. The Kier molecular flexibility index (Phi) is 6.89. The molecule has 134 valence electrons. The first-order chi connectivity index (χ1) is 11.1. The molecule has 0 radical (unpaired) electrons. The van der Waals surface area contributed by atoms with E-state index in [-0.39, 0.29) is 24.2 Å². The molecule has 5 nitrogen and oxygen atoms in total. The molecule has 2 saturated heterocycles. The Balaban J connectivity index is 0.00000208. The molecule has 24 heavy (non-hydrogen) atoms. The van der Waals surface area contributed by atoms with Gasteiger partial charge in [0.25, 0.3) is 0 Å². The fraction of sp³-hybridized carbons (Fsp3) is 0.588. The molecule has 2 fully saturated rings. The number of aliphatic hydroxyl groups excluding tert-OH is 1. The SMILES string of the molecule is Cl.O=C(NCC1CNCC1O)C1(c2ccccc2Cl)CCOCC1. The Labute approximate surface area is 153 Å². The van der Waals surface area contributed by atoms with Gasteiger partial charge in [-0.25, -0.2) is 0 Å². The maximum Gasteiger partial charge on any atom is 0.230 e.